The van der Waals surface area contributed by atoms with E-state index in [0.29, 0.717) is 5.75 Å². The molecule has 1 aromatic rings. The maximum atomic E-state index is 9.23. The third-order valence-electron chi connectivity index (χ3n) is 1.46. The molecule has 0 aliphatic carbocycles. The van der Waals surface area contributed by atoms with Crippen LogP contribution in [0.4, 0.5) is 0 Å². The molecule has 0 saturated heterocycles. The van der Waals surface area contributed by atoms with Crippen molar-refractivity contribution in [2.75, 3.05) is 7.11 Å². The van der Waals surface area contributed by atoms with E-state index in [9.17, 15) is 5.11 Å². The van der Waals surface area contributed by atoms with Crippen LogP contribution >= 0.6 is 12.6 Å². The first-order valence-electron chi connectivity index (χ1n) is 3.24. The van der Waals surface area contributed by atoms with Crippen LogP contribution in [0.15, 0.2) is 18.2 Å². The van der Waals surface area contributed by atoms with Gasteiger partial charge < -0.3 is 9.84 Å². The van der Waals surface area contributed by atoms with Gasteiger partial charge in [-0.05, 0) is 18.2 Å². The molecule has 1 aromatic carbocycles. The fourth-order valence-corrected chi connectivity index (χ4v) is 1.07. The molecule has 0 amide bonds. The summed E-state index contributed by atoms with van der Waals surface area (Å²) in [5.41, 5.74) is 0.785. The lowest BCUT2D eigenvalue weighted by atomic mass is 10.2. The molecule has 0 aliphatic rings. The summed E-state index contributed by atoms with van der Waals surface area (Å²) in [5.74, 6) is 1.52. The van der Waals surface area contributed by atoms with E-state index >= 15 is 0 Å². The van der Waals surface area contributed by atoms with Crippen LogP contribution in [0.2, 0.25) is 0 Å². The fourth-order valence-electron chi connectivity index (χ4n) is 0.815. The summed E-state index contributed by atoms with van der Waals surface area (Å²) in [4.78, 5) is 0. The lowest BCUT2D eigenvalue weighted by molar-refractivity contribution is 0.411. The van der Waals surface area contributed by atoms with Crippen molar-refractivity contribution in [2.24, 2.45) is 0 Å². The van der Waals surface area contributed by atoms with Crippen LogP contribution in [0, 0.1) is 0 Å². The van der Waals surface area contributed by atoms with Gasteiger partial charge in [0.15, 0.2) is 0 Å². The van der Waals surface area contributed by atoms with Gasteiger partial charge in [-0.25, -0.2) is 0 Å². The number of rotatable bonds is 2. The Morgan fingerprint density at radius 2 is 2.27 bits per heavy atom. The predicted molar refractivity (Wildman–Crippen MR) is 47.3 cm³/mol. The average molecular weight is 170 g/mol. The maximum Gasteiger partial charge on any atom is 0.119 e. The van der Waals surface area contributed by atoms with Crippen molar-refractivity contribution in [2.45, 2.75) is 5.75 Å². The highest BCUT2D eigenvalue weighted by atomic mass is 32.1. The molecule has 0 heterocycles. The van der Waals surface area contributed by atoms with E-state index in [1.807, 2.05) is 0 Å². The molecule has 1 N–H and O–H groups in total. The van der Waals surface area contributed by atoms with Gasteiger partial charge in [-0.1, -0.05) is 0 Å². The van der Waals surface area contributed by atoms with Gasteiger partial charge in [0, 0.05) is 11.3 Å². The van der Waals surface area contributed by atoms with Crippen molar-refractivity contribution >= 4 is 12.6 Å². The van der Waals surface area contributed by atoms with Gasteiger partial charge in [-0.2, -0.15) is 12.6 Å². The van der Waals surface area contributed by atoms with Crippen LogP contribution in [0.3, 0.4) is 0 Å². The van der Waals surface area contributed by atoms with Gasteiger partial charge in [-0.3, -0.25) is 0 Å². The third-order valence-corrected chi connectivity index (χ3v) is 1.80. The molecule has 0 spiro atoms. The highest BCUT2D eigenvalue weighted by molar-refractivity contribution is 7.79. The van der Waals surface area contributed by atoms with E-state index in [1.165, 1.54) is 0 Å². The number of benzene rings is 1. The summed E-state index contributed by atoms with van der Waals surface area (Å²) in [6.45, 7) is 0. The minimum Gasteiger partial charge on any atom is -0.508 e. The second-order valence-electron chi connectivity index (χ2n) is 2.15. The molecule has 0 radical (unpaired) electrons. The first-order chi connectivity index (χ1) is 5.27. The van der Waals surface area contributed by atoms with Gasteiger partial charge in [0.25, 0.3) is 0 Å². The highest BCUT2D eigenvalue weighted by Crippen LogP contribution is 2.23. The minimum atomic E-state index is 0.265. The Labute approximate surface area is 71.2 Å². The predicted octanol–water partition coefficient (Wildman–Crippen LogP) is 1.83. The molecule has 0 bridgehead atoms. The molecule has 3 heteroatoms. The molecular weight excluding hydrogens is 160 g/mol. The number of phenolic OH excluding ortho intramolecular Hbond substituents is 1. The fraction of sp³-hybridized carbons (Fsp3) is 0.250. The molecule has 11 heavy (non-hydrogen) atoms. The van der Waals surface area contributed by atoms with Gasteiger partial charge in [0.1, 0.15) is 11.5 Å². The Morgan fingerprint density at radius 3 is 2.82 bits per heavy atom. The number of thiol groups is 1. The molecule has 0 saturated carbocycles. The van der Waals surface area contributed by atoms with E-state index in [-0.39, 0.29) is 5.75 Å². The zero-order valence-electron chi connectivity index (χ0n) is 6.24. The zero-order valence-corrected chi connectivity index (χ0v) is 7.14. The van der Waals surface area contributed by atoms with Crippen molar-refractivity contribution < 1.29 is 9.84 Å². The molecular formula is C8H10O2S. The van der Waals surface area contributed by atoms with Crippen LogP contribution in [0.5, 0.6) is 11.5 Å². The Hall–Kier alpha value is -0.830. The van der Waals surface area contributed by atoms with Crippen molar-refractivity contribution in [3.8, 4) is 11.5 Å². The summed E-state index contributed by atoms with van der Waals surface area (Å²) in [7, 11) is 1.59. The second-order valence-corrected chi connectivity index (χ2v) is 2.47. The number of hydrogen-bond acceptors (Lipinski definition) is 3. The number of aromatic hydroxyl groups is 1. The second kappa shape index (κ2) is 3.53. The van der Waals surface area contributed by atoms with E-state index in [0.717, 1.165) is 11.3 Å². The van der Waals surface area contributed by atoms with Crippen LogP contribution in [-0.4, -0.2) is 12.2 Å². The summed E-state index contributed by atoms with van der Waals surface area (Å²) in [5, 5.41) is 9.23. The zero-order chi connectivity index (χ0) is 8.27. The highest BCUT2D eigenvalue weighted by Gasteiger charge is 1.99. The summed E-state index contributed by atoms with van der Waals surface area (Å²) >= 11 is 4.05. The molecule has 0 fully saturated rings. The van der Waals surface area contributed by atoms with Gasteiger partial charge in [0.05, 0.1) is 7.11 Å². The Morgan fingerprint density at radius 1 is 1.55 bits per heavy atom. The number of hydrogen-bond donors (Lipinski definition) is 2. The molecule has 0 aromatic heterocycles. The summed E-state index contributed by atoms with van der Waals surface area (Å²) < 4.78 is 4.97. The van der Waals surface area contributed by atoms with Gasteiger partial charge in [0.2, 0.25) is 0 Å². The third kappa shape index (κ3) is 1.80. The van der Waals surface area contributed by atoms with Gasteiger partial charge >= 0.3 is 0 Å². The van der Waals surface area contributed by atoms with Crippen LogP contribution in [-0.2, 0) is 5.75 Å². The maximum absolute atomic E-state index is 9.23. The topological polar surface area (TPSA) is 29.5 Å². The standard InChI is InChI=1S/C8H10O2S/c1-10-7-2-3-8(9)6(4-7)5-11/h2-4,9,11H,5H2,1H3. The Balaban J connectivity index is 3.02. The smallest absolute Gasteiger partial charge is 0.119 e. The normalized spacial score (nSPS) is 9.64. The van der Waals surface area contributed by atoms with Crippen LogP contribution < -0.4 is 4.74 Å². The van der Waals surface area contributed by atoms with Gasteiger partial charge in [-0.15, -0.1) is 0 Å². The van der Waals surface area contributed by atoms with Crippen LogP contribution in [0.1, 0.15) is 5.56 Å². The lowest BCUT2D eigenvalue weighted by Crippen LogP contribution is -1.85. The molecule has 0 atom stereocenters. The SMILES string of the molecule is COc1ccc(O)c(CS)c1. The van der Waals surface area contributed by atoms with E-state index < -0.39 is 0 Å². The Bertz CT molecular complexity index is 248. The lowest BCUT2D eigenvalue weighted by Gasteiger charge is -2.03. The first-order valence-corrected chi connectivity index (χ1v) is 3.88. The minimum absolute atomic E-state index is 0.265. The molecule has 0 unspecified atom stereocenters. The molecule has 2 nitrogen and oxygen atoms in total. The monoisotopic (exact) mass is 170 g/mol. The summed E-state index contributed by atoms with van der Waals surface area (Å²) in [6.07, 6.45) is 0. The molecule has 1 rings (SSSR count). The summed E-state index contributed by atoms with van der Waals surface area (Å²) in [6, 6.07) is 5.08. The number of phenols is 1. The van der Waals surface area contributed by atoms with E-state index in [1.54, 1.807) is 25.3 Å². The van der Waals surface area contributed by atoms with E-state index in [4.69, 9.17) is 4.74 Å². The molecule has 0 aliphatic heterocycles. The van der Waals surface area contributed by atoms with Crippen molar-refractivity contribution in [3.05, 3.63) is 23.8 Å². The quantitative estimate of drug-likeness (QED) is 0.663. The van der Waals surface area contributed by atoms with Crippen molar-refractivity contribution in [1.29, 1.82) is 0 Å². The largest absolute Gasteiger partial charge is 0.508 e. The Kier molecular flexibility index (Phi) is 2.65. The van der Waals surface area contributed by atoms with Crippen LogP contribution in [0.25, 0.3) is 0 Å². The van der Waals surface area contributed by atoms with E-state index in [2.05, 4.69) is 12.6 Å². The van der Waals surface area contributed by atoms with Crippen molar-refractivity contribution in [1.82, 2.24) is 0 Å². The number of ether oxygens (including phenoxy) is 1. The molecule has 60 valence electrons. The number of methoxy groups -OCH3 is 1. The van der Waals surface area contributed by atoms with Crippen molar-refractivity contribution in [3.63, 3.8) is 0 Å². The first kappa shape index (κ1) is 8.27. The average Bonchev–Trinajstić information content (AvgIpc) is 2.05.